The third-order valence-corrected chi connectivity index (χ3v) is 5.86. The third kappa shape index (κ3) is 3.50. The van der Waals surface area contributed by atoms with Gasteiger partial charge in [-0.2, -0.15) is 0 Å². The van der Waals surface area contributed by atoms with Gasteiger partial charge >= 0.3 is 0 Å². The van der Waals surface area contributed by atoms with Gasteiger partial charge in [0, 0.05) is 4.47 Å². The Morgan fingerprint density at radius 2 is 1.62 bits per heavy atom. The summed E-state index contributed by atoms with van der Waals surface area (Å²) in [6, 6.07) is 25.4. The molecular formula is C21H16BrNO2S. The number of carbonyl (C=O) groups is 1. The first-order chi connectivity index (χ1) is 12.7. The van der Waals surface area contributed by atoms with Gasteiger partial charge in [0.2, 0.25) is 5.91 Å². The number of anilines is 1. The Labute approximate surface area is 165 Å². The van der Waals surface area contributed by atoms with Crippen LogP contribution in [0.25, 0.3) is 0 Å². The highest BCUT2D eigenvalue weighted by molar-refractivity contribution is 9.10. The molecule has 1 aliphatic heterocycles. The molecule has 1 aliphatic rings. The molecule has 0 unspecified atom stereocenters. The molecule has 5 heteroatoms. The predicted octanol–water partition coefficient (Wildman–Crippen LogP) is 6.02. The van der Waals surface area contributed by atoms with Gasteiger partial charge in [-0.1, -0.05) is 58.4 Å². The van der Waals surface area contributed by atoms with E-state index in [1.54, 1.807) is 11.8 Å². The van der Waals surface area contributed by atoms with Crippen molar-refractivity contribution >= 4 is 39.3 Å². The van der Waals surface area contributed by atoms with Crippen LogP contribution in [-0.4, -0.2) is 11.7 Å². The highest BCUT2D eigenvalue weighted by Gasteiger charge is 2.35. The van der Waals surface area contributed by atoms with E-state index in [9.17, 15) is 4.79 Å². The van der Waals surface area contributed by atoms with Gasteiger partial charge in [-0.05, 0) is 42.0 Å². The number of carbonyl (C=O) groups excluding carboxylic acids is 1. The molecule has 0 saturated carbocycles. The van der Waals surface area contributed by atoms with Crippen molar-refractivity contribution in [3.05, 3.63) is 88.9 Å². The minimum absolute atomic E-state index is 0.0591. The summed E-state index contributed by atoms with van der Waals surface area (Å²) in [7, 11) is 0. The van der Waals surface area contributed by atoms with E-state index < -0.39 is 0 Å². The average molecular weight is 426 g/mol. The number of hydrogen-bond donors (Lipinski definition) is 0. The Bertz CT molecular complexity index is 915. The van der Waals surface area contributed by atoms with Crippen LogP contribution in [0.4, 0.5) is 5.69 Å². The molecule has 0 aromatic heterocycles. The second kappa shape index (κ2) is 7.56. The number of benzene rings is 3. The zero-order valence-electron chi connectivity index (χ0n) is 13.8. The molecule has 1 atom stereocenters. The summed E-state index contributed by atoms with van der Waals surface area (Å²) in [5.74, 6) is 1.98. The van der Waals surface area contributed by atoms with E-state index in [0.29, 0.717) is 11.5 Å². The zero-order valence-corrected chi connectivity index (χ0v) is 16.2. The van der Waals surface area contributed by atoms with Gasteiger partial charge in [0.15, 0.2) is 5.75 Å². The number of rotatable bonds is 4. The van der Waals surface area contributed by atoms with Crippen LogP contribution in [-0.2, 0) is 4.79 Å². The summed E-state index contributed by atoms with van der Waals surface area (Å²) in [5, 5.41) is -0.0591. The summed E-state index contributed by atoms with van der Waals surface area (Å²) in [5.41, 5.74) is 1.89. The summed E-state index contributed by atoms with van der Waals surface area (Å²) < 4.78 is 7.09. The van der Waals surface area contributed by atoms with Gasteiger partial charge in [-0.25, -0.2) is 0 Å². The topological polar surface area (TPSA) is 29.5 Å². The molecule has 4 rings (SSSR count). The molecule has 0 aliphatic carbocycles. The van der Waals surface area contributed by atoms with E-state index in [1.807, 2.05) is 83.8 Å². The predicted molar refractivity (Wildman–Crippen MR) is 110 cm³/mol. The number of nitrogens with zero attached hydrogens (tertiary/aromatic N) is 1. The summed E-state index contributed by atoms with van der Waals surface area (Å²) in [6.45, 7) is 0. The van der Waals surface area contributed by atoms with E-state index >= 15 is 0 Å². The Hall–Kier alpha value is -2.24. The Morgan fingerprint density at radius 3 is 2.38 bits per heavy atom. The van der Waals surface area contributed by atoms with E-state index in [0.717, 1.165) is 21.5 Å². The number of para-hydroxylation sites is 3. The molecule has 0 radical (unpaired) electrons. The Morgan fingerprint density at radius 1 is 0.923 bits per heavy atom. The second-order valence-electron chi connectivity index (χ2n) is 5.86. The molecule has 1 amide bonds. The molecule has 1 saturated heterocycles. The van der Waals surface area contributed by atoms with E-state index in [2.05, 4.69) is 15.9 Å². The van der Waals surface area contributed by atoms with Gasteiger partial charge in [0.1, 0.15) is 11.1 Å². The lowest BCUT2D eigenvalue weighted by Crippen LogP contribution is -2.28. The number of halogens is 1. The molecule has 0 spiro atoms. The summed E-state index contributed by atoms with van der Waals surface area (Å²) >= 11 is 5.10. The maximum Gasteiger partial charge on any atom is 0.238 e. The number of ether oxygens (including phenoxy) is 1. The molecule has 3 aromatic rings. The van der Waals surface area contributed by atoms with Gasteiger partial charge in [0.25, 0.3) is 0 Å². The molecular weight excluding hydrogens is 410 g/mol. The molecule has 130 valence electrons. The van der Waals surface area contributed by atoms with Gasteiger partial charge in [-0.3, -0.25) is 9.69 Å². The van der Waals surface area contributed by atoms with Gasteiger partial charge in [0.05, 0.1) is 11.4 Å². The van der Waals surface area contributed by atoms with Gasteiger partial charge < -0.3 is 4.74 Å². The lowest BCUT2D eigenvalue weighted by atomic mass is 10.2. The standard InChI is InChI=1S/C21H16BrNO2S/c22-16-12-10-15(11-13-16)21-23(20(24)14-26-21)18-8-4-5-9-19(18)25-17-6-2-1-3-7-17/h1-13,21H,14H2/t21-/m1/s1. The van der Waals surface area contributed by atoms with Crippen LogP contribution >= 0.6 is 27.7 Å². The molecule has 1 fully saturated rings. The fraction of sp³-hybridized carbons (Fsp3) is 0.0952. The van der Waals surface area contributed by atoms with Crippen LogP contribution in [0.15, 0.2) is 83.3 Å². The smallest absolute Gasteiger partial charge is 0.238 e. The fourth-order valence-corrected chi connectivity index (χ4v) is 4.35. The second-order valence-corrected chi connectivity index (χ2v) is 7.85. The highest BCUT2D eigenvalue weighted by atomic mass is 79.9. The van der Waals surface area contributed by atoms with E-state index in [1.165, 1.54) is 0 Å². The van der Waals surface area contributed by atoms with Crippen molar-refractivity contribution in [1.29, 1.82) is 0 Å². The minimum atomic E-state index is -0.0591. The normalized spacial score (nSPS) is 16.7. The van der Waals surface area contributed by atoms with Crippen LogP contribution in [0.1, 0.15) is 10.9 Å². The molecule has 0 N–H and O–H groups in total. The van der Waals surface area contributed by atoms with Crippen LogP contribution in [0.5, 0.6) is 11.5 Å². The maximum absolute atomic E-state index is 12.7. The van der Waals surface area contributed by atoms with Gasteiger partial charge in [-0.15, -0.1) is 11.8 Å². The Balaban J connectivity index is 1.71. The minimum Gasteiger partial charge on any atom is -0.455 e. The monoisotopic (exact) mass is 425 g/mol. The Kier molecular flexibility index (Phi) is 5.00. The third-order valence-electron chi connectivity index (χ3n) is 4.12. The van der Waals surface area contributed by atoms with Crippen LogP contribution in [0.3, 0.4) is 0 Å². The van der Waals surface area contributed by atoms with Crippen molar-refractivity contribution < 1.29 is 9.53 Å². The van der Waals surface area contributed by atoms with Crippen LogP contribution < -0.4 is 9.64 Å². The van der Waals surface area contributed by atoms with Crippen molar-refractivity contribution in [3.63, 3.8) is 0 Å². The molecule has 3 nitrogen and oxygen atoms in total. The summed E-state index contributed by atoms with van der Waals surface area (Å²) in [4.78, 5) is 14.5. The fourth-order valence-electron chi connectivity index (χ4n) is 2.92. The van der Waals surface area contributed by atoms with Crippen molar-refractivity contribution in [2.75, 3.05) is 10.7 Å². The first kappa shape index (κ1) is 17.2. The summed E-state index contributed by atoms with van der Waals surface area (Å²) in [6.07, 6.45) is 0. The first-order valence-electron chi connectivity index (χ1n) is 8.23. The molecule has 1 heterocycles. The molecule has 3 aromatic carbocycles. The largest absolute Gasteiger partial charge is 0.455 e. The van der Waals surface area contributed by atoms with Crippen molar-refractivity contribution in [2.45, 2.75) is 5.37 Å². The molecule has 0 bridgehead atoms. The van der Waals surface area contributed by atoms with E-state index in [-0.39, 0.29) is 11.3 Å². The quantitative estimate of drug-likeness (QED) is 0.511. The molecule has 26 heavy (non-hydrogen) atoms. The SMILES string of the molecule is O=C1CS[C@H](c2ccc(Br)cc2)N1c1ccccc1Oc1ccccc1. The van der Waals surface area contributed by atoms with E-state index in [4.69, 9.17) is 4.74 Å². The lowest BCUT2D eigenvalue weighted by Gasteiger charge is -2.26. The average Bonchev–Trinajstić information content (AvgIpc) is 3.05. The number of hydrogen-bond acceptors (Lipinski definition) is 3. The van der Waals surface area contributed by atoms with Crippen molar-refractivity contribution in [3.8, 4) is 11.5 Å². The van der Waals surface area contributed by atoms with Crippen molar-refractivity contribution in [2.24, 2.45) is 0 Å². The maximum atomic E-state index is 12.7. The van der Waals surface area contributed by atoms with Crippen LogP contribution in [0.2, 0.25) is 0 Å². The van der Waals surface area contributed by atoms with Crippen LogP contribution in [0, 0.1) is 0 Å². The highest BCUT2D eigenvalue weighted by Crippen LogP contribution is 2.45. The first-order valence-corrected chi connectivity index (χ1v) is 10.1. The lowest BCUT2D eigenvalue weighted by molar-refractivity contribution is -0.115. The number of amides is 1. The van der Waals surface area contributed by atoms with Crippen molar-refractivity contribution in [1.82, 2.24) is 0 Å². The number of thioether (sulfide) groups is 1. The zero-order chi connectivity index (χ0) is 17.9.